The zero-order chi connectivity index (χ0) is 13.9. The molecule has 5 nitrogen and oxygen atoms in total. The van der Waals surface area contributed by atoms with E-state index in [4.69, 9.17) is 10.5 Å². The fourth-order valence-corrected chi connectivity index (χ4v) is 3.54. The summed E-state index contributed by atoms with van der Waals surface area (Å²) in [7, 11) is 2.21. The van der Waals surface area contributed by atoms with Crippen molar-refractivity contribution in [1.29, 1.82) is 0 Å². The average Bonchev–Trinajstić information content (AvgIpc) is 3.09. The van der Waals surface area contributed by atoms with Crippen molar-refractivity contribution in [1.82, 2.24) is 14.5 Å². The van der Waals surface area contributed by atoms with Gasteiger partial charge in [-0.25, -0.2) is 4.98 Å². The SMILES string of the molecule is CN1CCCC(Cn2cncc2C(N)C2CCOC2)C1. The minimum absolute atomic E-state index is 0.0568. The molecular formula is C15H26N4O. The van der Waals surface area contributed by atoms with Crippen molar-refractivity contribution in [3.05, 3.63) is 18.2 Å². The molecule has 3 heterocycles. The lowest BCUT2D eigenvalue weighted by molar-refractivity contribution is 0.178. The molecule has 0 saturated carbocycles. The number of imidazole rings is 1. The number of nitrogens with two attached hydrogens (primary N) is 1. The number of likely N-dealkylation sites (tertiary alicyclic amines) is 1. The first-order valence-corrected chi connectivity index (χ1v) is 7.76. The molecular weight excluding hydrogens is 252 g/mol. The van der Waals surface area contributed by atoms with Crippen LogP contribution in [0.3, 0.4) is 0 Å². The molecule has 0 aliphatic carbocycles. The van der Waals surface area contributed by atoms with Crippen LogP contribution in [-0.4, -0.2) is 47.8 Å². The van der Waals surface area contributed by atoms with E-state index in [0.717, 1.165) is 26.2 Å². The second-order valence-electron chi connectivity index (χ2n) is 6.39. The lowest BCUT2D eigenvalue weighted by Gasteiger charge is -2.30. The summed E-state index contributed by atoms with van der Waals surface area (Å²) in [4.78, 5) is 6.75. The average molecular weight is 278 g/mol. The summed E-state index contributed by atoms with van der Waals surface area (Å²) < 4.78 is 7.73. The molecule has 20 heavy (non-hydrogen) atoms. The van der Waals surface area contributed by atoms with E-state index < -0.39 is 0 Å². The van der Waals surface area contributed by atoms with Gasteiger partial charge in [0.15, 0.2) is 0 Å². The van der Waals surface area contributed by atoms with E-state index in [0.29, 0.717) is 11.8 Å². The lowest BCUT2D eigenvalue weighted by atomic mass is 9.96. The Morgan fingerprint density at radius 2 is 2.40 bits per heavy atom. The largest absolute Gasteiger partial charge is 0.381 e. The van der Waals surface area contributed by atoms with Crippen molar-refractivity contribution in [3.8, 4) is 0 Å². The molecule has 3 atom stereocenters. The Morgan fingerprint density at radius 3 is 3.15 bits per heavy atom. The molecule has 2 aliphatic heterocycles. The quantitative estimate of drug-likeness (QED) is 0.901. The fourth-order valence-electron chi connectivity index (χ4n) is 3.54. The van der Waals surface area contributed by atoms with Gasteiger partial charge in [-0.05, 0) is 38.8 Å². The van der Waals surface area contributed by atoms with Crippen LogP contribution in [0.5, 0.6) is 0 Å². The summed E-state index contributed by atoms with van der Waals surface area (Å²) in [6.45, 7) is 5.09. The first-order chi connectivity index (χ1) is 9.74. The predicted molar refractivity (Wildman–Crippen MR) is 78.3 cm³/mol. The van der Waals surface area contributed by atoms with Crippen LogP contribution in [0.15, 0.2) is 12.5 Å². The maximum Gasteiger partial charge on any atom is 0.0948 e. The third-order valence-corrected chi connectivity index (χ3v) is 4.74. The molecule has 0 radical (unpaired) electrons. The highest BCUT2D eigenvalue weighted by atomic mass is 16.5. The van der Waals surface area contributed by atoms with Crippen molar-refractivity contribution in [2.45, 2.75) is 31.8 Å². The van der Waals surface area contributed by atoms with Gasteiger partial charge in [0, 0.05) is 31.8 Å². The molecule has 5 heteroatoms. The van der Waals surface area contributed by atoms with Gasteiger partial charge in [-0.1, -0.05) is 0 Å². The molecule has 2 fully saturated rings. The molecule has 0 bridgehead atoms. The van der Waals surface area contributed by atoms with Gasteiger partial charge < -0.3 is 19.9 Å². The monoisotopic (exact) mass is 278 g/mol. The zero-order valence-corrected chi connectivity index (χ0v) is 12.4. The third-order valence-electron chi connectivity index (χ3n) is 4.74. The molecule has 1 aromatic rings. The van der Waals surface area contributed by atoms with E-state index in [1.54, 1.807) is 0 Å². The van der Waals surface area contributed by atoms with Crippen molar-refractivity contribution >= 4 is 0 Å². The number of piperidine rings is 1. The number of aromatic nitrogens is 2. The Balaban J connectivity index is 1.66. The van der Waals surface area contributed by atoms with E-state index in [1.807, 2.05) is 12.5 Å². The number of hydrogen-bond donors (Lipinski definition) is 1. The first kappa shape index (κ1) is 14.0. The molecule has 112 valence electrons. The van der Waals surface area contributed by atoms with Crippen LogP contribution in [0.2, 0.25) is 0 Å². The van der Waals surface area contributed by atoms with E-state index >= 15 is 0 Å². The van der Waals surface area contributed by atoms with Crippen LogP contribution < -0.4 is 5.73 Å². The van der Waals surface area contributed by atoms with Crippen molar-refractivity contribution in [3.63, 3.8) is 0 Å². The van der Waals surface area contributed by atoms with Crippen LogP contribution in [0.4, 0.5) is 0 Å². The minimum Gasteiger partial charge on any atom is -0.381 e. The number of hydrogen-bond acceptors (Lipinski definition) is 4. The van der Waals surface area contributed by atoms with E-state index in [9.17, 15) is 0 Å². The Hall–Kier alpha value is -0.910. The zero-order valence-electron chi connectivity index (χ0n) is 12.4. The smallest absolute Gasteiger partial charge is 0.0948 e. The standard InChI is InChI=1S/C15H26N4O/c1-18-5-2-3-12(8-18)9-19-11-17-7-14(19)15(16)13-4-6-20-10-13/h7,11-13,15H,2-6,8-10,16H2,1H3. The number of rotatable bonds is 4. The van der Waals surface area contributed by atoms with Crippen molar-refractivity contribution in [2.75, 3.05) is 33.4 Å². The van der Waals surface area contributed by atoms with Crippen LogP contribution >= 0.6 is 0 Å². The van der Waals surface area contributed by atoms with Gasteiger partial charge in [-0.3, -0.25) is 0 Å². The van der Waals surface area contributed by atoms with Gasteiger partial charge in [0.1, 0.15) is 0 Å². The van der Waals surface area contributed by atoms with Crippen molar-refractivity contribution < 1.29 is 4.74 Å². The van der Waals surface area contributed by atoms with E-state index in [2.05, 4.69) is 21.5 Å². The molecule has 3 unspecified atom stereocenters. The summed E-state index contributed by atoms with van der Waals surface area (Å²) in [5.74, 6) is 1.16. The van der Waals surface area contributed by atoms with Crippen LogP contribution in [0.1, 0.15) is 31.0 Å². The molecule has 2 aliphatic rings. The molecule has 1 aromatic heterocycles. The summed E-state index contributed by atoms with van der Waals surface area (Å²) in [5, 5.41) is 0. The summed E-state index contributed by atoms with van der Waals surface area (Å²) >= 11 is 0. The van der Waals surface area contributed by atoms with Crippen molar-refractivity contribution in [2.24, 2.45) is 17.6 Å². The van der Waals surface area contributed by atoms with Gasteiger partial charge in [-0.15, -0.1) is 0 Å². The molecule has 3 rings (SSSR count). The lowest BCUT2D eigenvalue weighted by Crippen LogP contribution is -2.34. The summed E-state index contributed by atoms with van der Waals surface area (Å²) in [6, 6.07) is 0.0568. The Bertz CT molecular complexity index is 427. The Labute approximate surface area is 121 Å². The second kappa shape index (κ2) is 6.24. The first-order valence-electron chi connectivity index (χ1n) is 7.76. The number of nitrogens with zero attached hydrogens (tertiary/aromatic N) is 3. The van der Waals surface area contributed by atoms with Gasteiger partial charge in [0.2, 0.25) is 0 Å². The van der Waals surface area contributed by atoms with Gasteiger partial charge in [0.05, 0.1) is 24.7 Å². The van der Waals surface area contributed by atoms with Gasteiger partial charge in [0.25, 0.3) is 0 Å². The topological polar surface area (TPSA) is 56.3 Å². The highest BCUT2D eigenvalue weighted by molar-refractivity contribution is 5.07. The highest BCUT2D eigenvalue weighted by Gasteiger charge is 2.27. The molecule has 2 saturated heterocycles. The number of ether oxygens (including phenoxy) is 1. The Kier molecular flexibility index (Phi) is 4.38. The molecule has 0 amide bonds. The van der Waals surface area contributed by atoms with E-state index in [-0.39, 0.29) is 6.04 Å². The summed E-state index contributed by atoms with van der Waals surface area (Å²) in [5.41, 5.74) is 7.60. The fraction of sp³-hybridized carbons (Fsp3) is 0.800. The highest BCUT2D eigenvalue weighted by Crippen LogP contribution is 2.27. The molecule has 0 aromatic carbocycles. The molecule has 2 N–H and O–H groups in total. The van der Waals surface area contributed by atoms with Crippen LogP contribution in [-0.2, 0) is 11.3 Å². The van der Waals surface area contributed by atoms with E-state index in [1.165, 1.54) is 31.6 Å². The maximum absolute atomic E-state index is 6.43. The minimum atomic E-state index is 0.0568. The van der Waals surface area contributed by atoms with Crippen LogP contribution in [0, 0.1) is 11.8 Å². The van der Waals surface area contributed by atoms with Gasteiger partial charge in [-0.2, -0.15) is 0 Å². The van der Waals surface area contributed by atoms with Crippen LogP contribution in [0.25, 0.3) is 0 Å². The molecule has 0 spiro atoms. The predicted octanol–water partition coefficient (Wildman–Crippen LogP) is 1.26. The second-order valence-corrected chi connectivity index (χ2v) is 6.39. The van der Waals surface area contributed by atoms with Gasteiger partial charge >= 0.3 is 0 Å². The maximum atomic E-state index is 6.43. The third kappa shape index (κ3) is 3.05. The normalized spacial score (nSPS) is 29.7. The summed E-state index contributed by atoms with van der Waals surface area (Å²) in [6.07, 6.45) is 7.56. The Morgan fingerprint density at radius 1 is 1.50 bits per heavy atom.